The quantitative estimate of drug-likeness (QED) is 0.313. The smallest absolute Gasteiger partial charge is 0.264 e. The fourth-order valence-corrected chi connectivity index (χ4v) is 6.00. The molecule has 3 rings (SSSR count). The Bertz CT molecular complexity index is 1400. The Morgan fingerprint density at radius 1 is 0.923 bits per heavy atom. The largest absolute Gasteiger partial charge is 0.354 e. The molecule has 0 spiro atoms. The first kappa shape index (κ1) is 30.2. The van der Waals surface area contributed by atoms with Crippen molar-refractivity contribution in [2.75, 3.05) is 17.4 Å². The van der Waals surface area contributed by atoms with Gasteiger partial charge in [0.15, 0.2) is 0 Å². The molecule has 1 atom stereocenters. The molecule has 0 fully saturated rings. The predicted molar refractivity (Wildman–Crippen MR) is 156 cm³/mol. The van der Waals surface area contributed by atoms with Crippen LogP contribution < -0.4 is 9.62 Å². The van der Waals surface area contributed by atoms with Crippen molar-refractivity contribution in [3.63, 3.8) is 0 Å². The number of halogens is 1. The Labute approximate surface area is 236 Å². The molecule has 0 aliphatic heterocycles. The zero-order chi connectivity index (χ0) is 28.6. The zero-order valence-electron chi connectivity index (χ0n) is 22.9. The molecule has 39 heavy (non-hydrogen) atoms. The van der Waals surface area contributed by atoms with E-state index in [1.165, 1.54) is 17.0 Å². The molecule has 208 valence electrons. The van der Waals surface area contributed by atoms with Gasteiger partial charge in [0.2, 0.25) is 11.8 Å². The van der Waals surface area contributed by atoms with Crippen LogP contribution in [-0.2, 0) is 26.2 Å². The highest BCUT2D eigenvalue weighted by atomic mass is 35.5. The van der Waals surface area contributed by atoms with E-state index in [1.807, 2.05) is 45.0 Å². The van der Waals surface area contributed by atoms with Crippen LogP contribution in [0.15, 0.2) is 77.7 Å². The lowest BCUT2D eigenvalue weighted by molar-refractivity contribution is -0.140. The van der Waals surface area contributed by atoms with Gasteiger partial charge in [-0.3, -0.25) is 13.9 Å². The van der Waals surface area contributed by atoms with Crippen molar-refractivity contribution in [3.8, 4) is 0 Å². The third kappa shape index (κ3) is 7.40. The number of carbonyl (C=O) groups excluding carboxylic acids is 2. The van der Waals surface area contributed by atoms with Crippen molar-refractivity contribution < 1.29 is 18.0 Å². The van der Waals surface area contributed by atoms with Crippen molar-refractivity contribution in [3.05, 3.63) is 94.5 Å². The van der Waals surface area contributed by atoms with E-state index in [9.17, 15) is 18.0 Å². The Hall–Kier alpha value is -3.36. The van der Waals surface area contributed by atoms with E-state index in [0.29, 0.717) is 29.2 Å². The molecule has 7 nitrogen and oxygen atoms in total. The second-order valence-electron chi connectivity index (χ2n) is 9.42. The van der Waals surface area contributed by atoms with Gasteiger partial charge in [0.25, 0.3) is 10.0 Å². The lowest BCUT2D eigenvalue weighted by Gasteiger charge is -2.34. The number of nitrogens with zero attached hydrogens (tertiary/aromatic N) is 2. The number of amides is 2. The second kappa shape index (κ2) is 13.6. The Balaban J connectivity index is 2.09. The van der Waals surface area contributed by atoms with Gasteiger partial charge in [-0.15, -0.1) is 0 Å². The van der Waals surface area contributed by atoms with Gasteiger partial charge in [0.1, 0.15) is 12.6 Å². The molecular formula is C30H36ClN3O4S. The summed E-state index contributed by atoms with van der Waals surface area (Å²) < 4.78 is 28.9. The van der Waals surface area contributed by atoms with Crippen molar-refractivity contribution in [2.24, 2.45) is 0 Å². The molecule has 0 heterocycles. The molecule has 1 N–H and O–H groups in total. The maximum Gasteiger partial charge on any atom is 0.264 e. The molecule has 9 heteroatoms. The van der Waals surface area contributed by atoms with Crippen LogP contribution in [-0.4, -0.2) is 44.3 Å². The number of benzene rings is 3. The van der Waals surface area contributed by atoms with Crippen LogP contribution in [0.25, 0.3) is 0 Å². The molecule has 0 aromatic heterocycles. The van der Waals surface area contributed by atoms with Crippen molar-refractivity contribution in [2.45, 2.75) is 58.0 Å². The summed E-state index contributed by atoms with van der Waals surface area (Å²) in [6.45, 7) is 7.65. The first-order chi connectivity index (χ1) is 18.6. The van der Waals surface area contributed by atoms with Gasteiger partial charge in [-0.2, -0.15) is 0 Å². The summed E-state index contributed by atoms with van der Waals surface area (Å²) in [5.41, 5.74) is 2.80. The predicted octanol–water partition coefficient (Wildman–Crippen LogP) is 5.49. The van der Waals surface area contributed by atoms with Gasteiger partial charge in [-0.25, -0.2) is 8.42 Å². The van der Waals surface area contributed by atoms with Gasteiger partial charge in [0, 0.05) is 18.1 Å². The molecule has 0 unspecified atom stereocenters. The Morgan fingerprint density at radius 2 is 1.59 bits per heavy atom. The molecule has 0 bridgehead atoms. The van der Waals surface area contributed by atoms with Crippen LogP contribution in [0.5, 0.6) is 0 Å². The number of anilines is 1. The first-order valence-corrected chi connectivity index (χ1v) is 14.9. The summed E-state index contributed by atoms with van der Waals surface area (Å²) in [4.78, 5) is 28.8. The molecule has 0 saturated heterocycles. The fourth-order valence-electron chi connectivity index (χ4n) is 4.34. The number of hydrogen-bond acceptors (Lipinski definition) is 4. The van der Waals surface area contributed by atoms with Gasteiger partial charge in [-0.1, -0.05) is 74.0 Å². The van der Waals surface area contributed by atoms with Crippen LogP contribution in [0.1, 0.15) is 43.4 Å². The average molecular weight is 570 g/mol. The maximum absolute atomic E-state index is 14.1. The van der Waals surface area contributed by atoms with E-state index in [4.69, 9.17) is 11.6 Å². The summed E-state index contributed by atoms with van der Waals surface area (Å²) in [6, 6.07) is 19.8. The highest BCUT2D eigenvalue weighted by Crippen LogP contribution is 2.30. The van der Waals surface area contributed by atoms with Crippen LogP contribution in [0.4, 0.5) is 5.69 Å². The minimum Gasteiger partial charge on any atom is -0.354 e. The lowest BCUT2D eigenvalue weighted by atomic mass is 10.1. The molecule has 3 aromatic rings. The van der Waals surface area contributed by atoms with Gasteiger partial charge < -0.3 is 10.2 Å². The number of sulfonamides is 1. The highest BCUT2D eigenvalue weighted by molar-refractivity contribution is 7.92. The Kier molecular flexibility index (Phi) is 10.5. The third-order valence-electron chi connectivity index (χ3n) is 6.59. The van der Waals surface area contributed by atoms with Gasteiger partial charge >= 0.3 is 0 Å². The van der Waals surface area contributed by atoms with E-state index in [-0.39, 0.29) is 17.3 Å². The van der Waals surface area contributed by atoms with E-state index in [1.54, 1.807) is 43.3 Å². The minimum atomic E-state index is -4.14. The number of aryl methyl sites for hydroxylation is 2. The third-order valence-corrected chi connectivity index (χ3v) is 8.60. The molecule has 0 saturated carbocycles. The molecule has 0 aliphatic carbocycles. The van der Waals surface area contributed by atoms with Gasteiger partial charge in [0.05, 0.1) is 10.6 Å². The fraction of sp³-hybridized carbons (Fsp3) is 0.333. The summed E-state index contributed by atoms with van der Waals surface area (Å²) in [5.74, 6) is -0.756. The molecule has 0 radical (unpaired) electrons. The van der Waals surface area contributed by atoms with Gasteiger partial charge in [-0.05, 0) is 67.6 Å². The highest BCUT2D eigenvalue weighted by Gasteiger charge is 2.34. The molecule has 2 amide bonds. The molecule has 3 aromatic carbocycles. The lowest BCUT2D eigenvalue weighted by Crippen LogP contribution is -2.52. The van der Waals surface area contributed by atoms with Crippen molar-refractivity contribution in [1.29, 1.82) is 0 Å². The van der Waals surface area contributed by atoms with Crippen LogP contribution >= 0.6 is 11.6 Å². The zero-order valence-corrected chi connectivity index (χ0v) is 24.4. The standard InChI is InChI=1S/C30H36ClN3O4S/c1-5-18-32-30(36)27(6-2)33(20-24-13-11-10-12-22(24)3)29(35)21-34(28-19-25(31)17-16-23(28)4)39(37,38)26-14-8-7-9-15-26/h7-17,19,27H,5-6,18,20-21H2,1-4H3,(H,32,36)/t27-/m1/s1. The number of hydrogen-bond donors (Lipinski definition) is 1. The second-order valence-corrected chi connectivity index (χ2v) is 11.7. The monoisotopic (exact) mass is 569 g/mol. The van der Waals surface area contributed by atoms with E-state index in [0.717, 1.165) is 21.9 Å². The van der Waals surface area contributed by atoms with E-state index < -0.39 is 28.5 Å². The Morgan fingerprint density at radius 3 is 2.23 bits per heavy atom. The average Bonchev–Trinajstić information content (AvgIpc) is 2.93. The summed E-state index contributed by atoms with van der Waals surface area (Å²) in [7, 11) is -4.14. The summed E-state index contributed by atoms with van der Waals surface area (Å²) >= 11 is 6.27. The molecule has 0 aliphatic rings. The summed E-state index contributed by atoms with van der Waals surface area (Å²) in [6.07, 6.45) is 1.12. The SMILES string of the molecule is CCCNC(=O)[C@@H](CC)N(Cc1ccccc1C)C(=O)CN(c1cc(Cl)ccc1C)S(=O)(=O)c1ccccc1. The number of rotatable bonds is 12. The topological polar surface area (TPSA) is 86.8 Å². The van der Waals surface area contributed by atoms with Crippen LogP contribution in [0.2, 0.25) is 5.02 Å². The number of carbonyl (C=O) groups is 2. The normalized spacial score (nSPS) is 12.0. The van der Waals surface area contributed by atoms with Crippen LogP contribution in [0.3, 0.4) is 0 Å². The van der Waals surface area contributed by atoms with Crippen molar-refractivity contribution >= 4 is 39.1 Å². The van der Waals surface area contributed by atoms with E-state index in [2.05, 4.69) is 5.32 Å². The number of nitrogens with one attached hydrogen (secondary N) is 1. The van der Waals surface area contributed by atoms with Crippen molar-refractivity contribution in [1.82, 2.24) is 10.2 Å². The van der Waals surface area contributed by atoms with E-state index >= 15 is 0 Å². The maximum atomic E-state index is 14.1. The molecular weight excluding hydrogens is 534 g/mol. The summed E-state index contributed by atoms with van der Waals surface area (Å²) in [5, 5.41) is 3.24. The minimum absolute atomic E-state index is 0.0513. The van der Waals surface area contributed by atoms with Crippen LogP contribution in [0, 0.1) is 13.8 Å². The first-order valence-electron chi connectivity index (χ1n) is 13.1.